The fourth-order valence-electron chi connectivity index (χ4n) is 1.64. The van der Waals surface area contributed by atoms with Gasteiger partial charge in [0.2, 0.25) is 0 Å². The minimum absolute atomic E-state index is 0.0918. The monoisotopic (exact) mass is 182 g/mol. The van der Waals surface area contributed by atoms with Gasteiger partial charge in [-0.2, -0.15) is 0 Å². The smallest absolute Gasteiger partial charge is 0.0661 e. The highest BCUT2D eigenvalue weighted by atomic mass is 16.5. The van der Waals surface area contributed by atoms with Crippen LogP contribution in [0.4, 0.5) is 0 Å². The van der Waals surface area contributed by atoms with Crippen LogP contribution >= 0.6 is 0 Å². The molecule has 0 aromatic rings. The first-order valence-corrected chi connectivity index (χ1v) is 4.78. The molecule has 3 N–H and O–H groups in total. The van der Waals surface area contributed by atoms with Gasteiger partial charge in [0, 0.05) is 25.1 Å². The molecular formula is C10H18N2O. The molecule has 13 heavy (non-hydrogen) atoms. The van der Waals surface area contributed by atoms with Crippen LogP contribution in [0.2, 0.25) is 0 Å². The van der Waals surface area contributed by atoms with Crippen LogP contribution in [0.3, 0.4) is 0 Å². The molecule has 3 nitrogen and oxygen atoms in total. The summed E-state index contributed by atoms with van der Waals surface area (Å²) in [5, 5.41) is 3.32. The molecule has 3 unspecified atom stereocenters. The molecule has 1 heterocycles. The first-order valence-electron chi connectivity index (χ1n) is 4.78. The number of rotatable bonds is 4. The highest BCUT2D eigenvalue weighted by Crippen LogP contribution is 2.16. The molecule has 0 aromatic carbocycles. The average molecular weight is 182 g/mol. The van der Waals surface area contributed by atoms with Crippen LogP contribution < -0.4 is 11.1 Å². The van der Waals surface area contributed by atoms with Crippen LogP contribution in [0.15, 0.2) is 0 Å². The van der Waals surface area contributed by atoms with Crippen molar-refractivity contribution in [2.24, 2.45) is 11.7 Å². The van der Waals surface area contributed by atoms with Crippen molar-refractivity contribution in [1.82, 2.24) is 5.32 Å². The normalized spacial score (nSPS) is 26.7. The zero-order valence-corrected chi connectivity index (χ0v) is 8.12. The zero-order chi connectivity index (χ0) is 9.68. The van der Waals surface area contributed by atoms with Crippen molar-refractivity contribution in [1.29, 1.82) is 0 Å². The maximum atomic E-state index is 5.67. The van der Waals surface area contributed by atoms with E-state index in [-0.39, 0.29) is 6.04 Å². The van der Waals surface area contributed by atoms with Gasteiger partial charge in [0.05, 0.1) is 12.6 Å². The molecule has 0 aromatic heterocycles. The minimum atomic E-state index is 0.0918. The lowest BCUT2D eigenvalue weighted by atomic mass is 9.98. The van der Waals surface area contributed by atoms with Gasteiger partial charge in [-0.05, 0) is 13.3 Å². The third-order valence-corrected chi connectivity index (χ3v) is 2.50. The summed E-state index contributed by atoms with van der Waals surface area (Å²) >= 11 is 0. The van der Waals surface area contributed by atoms with Gasteiger partial charge in [-0.3, -0.25) is 5.32 Å². The van der Waals surface area contributed by atoms with Crippen molar-refractivity contribution in [2.75, 3.05) is 19.8 Å². The van der Waals surface area contributed by atoms with Crippen molar-refractivity contribution < 1.29 is 4.74 Å². The first-order chi connectivity index (χ1) is 6.27. The van der Waals surface area contributed by atoms with E-state index < -0.39 is 0 Å². The van der Waals surface area contributed by atoms with Gasteiger partial charge in [-0.15, -0.1) is 6.42 Å². The fraction of sp³-hybridized carbons (Fsp3) is 0.800. The topological polar surface area (TPSA) is 47.3 Å². The number of nitrogens with one attached hydrogen (secondary N) is 1. The van der Waals surface area contributed by atoms with Crippen molar-refractivity contribution in [3.63, 3.8) is 0 Å². The second kappa shape index (κ2) is 5.23. The Morgan fingerprint density at radius 1 is 1.77 bits per heavy atom. The molecule has 1 saturated heterocycles. The van der Waals surface area contributed by atoms with Crippen molar-refractivity contribution in [3.05, 3.63) is 0 Å². The largest absolute Gasteiger partial charge is 0.381 e. The summed E-state index contributed by atoms with van der Waals surface area (Å²) in [5.74, 6) is 3.17. The molecule has 0 aliphatic carbocycles. The van der Waals surface area contributed by atoms with Gasteiger partial charge >= 0.3 is 0 Å². The van der Waals surface area contributed by atoms with Gasteiger partial charge in [-0.25, -0.2) is 0 Å². The van der Waals surface area contributed by atoms with E-state index in [9.17, 15) is 0 Å². The Hall–Kier alpha value is -0.560. The third-order valence-electron chi connectivity index (χ3n) is 2.50. The van der Waals surface area contributed by atoms with E-state index in [0.29, 0.717) is 18.5 Å². The summed E-state index contributed by atoms with van der Waals surface area (Å²) in [6.45, 7) is 4.26. The van der Waals surface area contributed by atoms with Crippen molar-refractivity contribution in [3.8, 4) is 12.3 Å². The SMILES string of the molecule is C#CC(C)NC(CN)C1CCOC1. The molecule has 1 rings (SSSR count). The Balaban J connectivity index is 2.38. The summed E-state index contributed by atoms with van der Waals surface area (Å²) in [7, 11) is 0. The predicted octanol–water partition coefficient (Wildman–Crippen LogP) is -0.0385. The molecule has 0 amide bonds. The van der Waals surface area contributed by atoms with E-state index in [2.05, 4.69) is 11.2 Å². The lowest BCUT2D eigenvalue weighted by molar-refractivity contribution is 0.176. The molecule has 74 valence electrons. The summed E-state index contributed by atoms with van der Waals surface area (Å²) in [6, 6.07) is 0.391. The van der Waals surface area contributed by atoms with Crippen molar-refractivity contribution >= 4 is 0 Å². The van der Waals surface area contributed by atoms with E-state index in [1.807, 2.05) is 6.92 Å². The number of ether oxygens (including phenoxy) is 1. The predicted molar refractivity (Wildman–Crippen MR) is 53.2 cm³/mol. The van der Waals surface area contributed by atoms with E-state index in [4.69, 9.17) is 16.9 Å². The van der Waals surface area contributed by atoms with Gasteiger partial charge < -0.3 is 10.5 Å². The number of hydrogen-bond donors (Lipinski definition) is 2. The Labute approximate surface area is 80.0 Å². The van der Waals surface area contributed by atoms with Crippen LogP contribution in [-0.4, -0.2) is 31.8 Å². The minimum Gasteiger partial charge on any atom is -0.381 e. The Morgan fingerprint density at radius 2 is 2.54 bits per heavy atom. The summed E-state index contributed by atoms with van der Waals surface area (Å²) in [6.07, 6.45) is 6.38. The van der Waals surface area contributed by atoms with Crippen LogP contribution in [0.1, 0.15) is 13.3 Å². The zero-order valence-electron chi connectivity index (χ0n) is 8.12. The molecule has 1 fully saturated rings. The Morgan fingerprint density at radius 3 is 3.00 bits per heavy atom. The third kappa shape index (κ3) is 3.00. The van der Waals surface area contributed by atoms with Gasteiger partial charge in [-0.1, -0.05) is 5.92 Å². The molecule has 0 radical (unpaired) electrons. The lowest BCUT2D eigenvalue weighted by Gasteiger charge is -2.23. The Kier molecular flexibility index (Phi) is 4.23. The van der Waals surface area contributed by atoms with Crippen LogP contribution in [0.25, 0.3) is 0 Å². The highest BCUT2D eigenvalue weighted by molar-refractivity contribution is 4.98. The summed E-state index contributed by atoms with van der Waals surface area (Å²) < 4.78 is 5.31. The molecule has 0 bridgehead atoms. The van der Waals surface area contributed by atoms with E-state index in [1.165, 1.54) is 0 Å². The van der Waals surface area contributed by atoms with Crippen LogP contribution in [0.5, 0.6) is 0 Å². The molecule has 3 atom stereocenters. The summed E-state index contributed by atoms with van der Waals surface area (Å²) in [4.78, 5) is 0. The van der Waals surface area contributed by atoms with Crippen LogP contribution in [0, 0.1) is 18.3 Å². The Bertz CT molecular complexity index is 182. The molecule has 1 aliphatic rings. The molecule has 0 saturated carbocycles. The fourth-order valence-corrected chi connectivity index (χ4v) is 1.64. The standard InChI is InChI=1S/C10H18N2O/c1-3-8(2)12-10(6-11)9-4-5-13-7-9/h1,8-10,12H,4-7,11H2,2H3. The van der Waals surface area contributed by atoms with E-state index in [1.54, 1.807) is 0 Å². The number of nitrogens with two attached hydrogens (primary N) is 1. The lowest BCUT2D eigenvalue weighted by Crippen LogP contribution is -2.46. The second-order valence-electron chi connectivity index (χ2n) is 3.52. The number of terminal acetylenes is 1. The van der Waals surface area contributed by atoms with Crippen molar-refractivity contribution in [2.45, 2.75) is 25.4 Å². The molecular weight excluding hydrogens is 164 g/mol. The molecule has 0 spiro atoms. The first kappa shape index (κ1) is 10.5. The van der Waals surface area contributed by atoms with E-state index >= 15 is 0 Å². The maximum Gasteiger partial charge on any atom is 0.0661 e. The van der Waals surface area contributed by atoms with Gasteiger partial charge in [0.25, 0.3) is 0 Å². The molecule has 1 aliphatic heterocycles. The van der Waals surface area contributed by atoms with Gasteiger partial charge in [0.1, 0.15) is 0 Å². The van der Waals surface area contributed by atoms with Gasteiger partial charge in [0.15, 0.2) is 0 Å². The van der Waals surface area contributed by atoms with Crippen LogP contribution in [-0.2, 0) is 4.74 Å². The second-order valence-corrected chi connectivity index (χ2v) is 3.52. The quantitative estimate of drug-likeness (QED) is 0.600. The number of hydrogen-bond acceptors (Lipinski definition) is 3. The highest BCUT2D eigenvalue weighted by Gasteiger charge is 2.24. The molecule has 3 heteroatoms. The van der Waals surface area contributed by atoms with E-state index in [0.717, 1.165) is 19.6 Å². The maximum absolute atomic E-state index is 5.67. The average Bonchev–Trinajstić information content (AvgIpc) is 2.66. The summed E-state index contributed by atoms with van der Waals surface area (Å²) in [5.41, 5.74) is 5.67.